The molecule has 0 bridgehead atoms. The van der Waals surface area contributed by atoms with Crippen LogP contribution in [0.2, 0.25) is 0 Å². The number of nitrogens with zero attached hydrogens (tertiary/aromatic N) is 4. The first-order valence-electron chi connectivity index (χ1n) is 8.71. The number of nitrogens with one attached hydrogen (secondary N) is 1. The number of carbonyl (C=O) groups excluding carboxylic acids is 1. The Bertz CT molecular complexity index is 686. The number of benzene rings is 1. The summed E-state index contributed by atoms with van der Waals surface area (Å²) >= 11 is 0. The maximum Gasteiger partial charge on any atom is 0.273 e. The molecule has 1 fully saturated rings. The molecule has 25 heavy (non-hydrogen) atoms. The third-order valence-corrected chi connectivity index (χ3v) is 4.08. The van der Waals surface area contributed by atoms with Gasteiger partial charge in [0.1, 0.15) is 0 Å². The molecule has 0 radical (unpaired) electrons. The minimum Gasteiger partial charge on any atom is -0.374 e. The summed E-state index contributed by atoms with van der Waals surface area (Å²) in [5, 5.41) is 10.9. The molecule has 0 spiro atoms. The van der Waals surface area contributed by atoms with Crippen molar-refractivity contribution in [2.24, 2.45) is 5.92 Å². The summed E-state index contributed by atoms with van der Waals surface area (Å²) in [5.41, 5.74) is 1.17. The smallest absolute Gasteiger partial charge is 0.273 e. The van der Waals surface area contributed by atoms with E-state index in [-0.39, 0.29) is 12.0 Å². The number of hydrogen-bond donors (Lipinski definition) is 1. The number of para-hydroxylation sites is 1. The number of hydrogen-bond acceptors (Lipinski definition) is 5. The van der Waals surface area contributed by atoms with E-state index in [1.54, 1.807) is 10.9 Å². The van der Waals surface area contributed by atoms with E-state index in [0.717, 1.165) is 25.3 Å². The Hall–Kier alpha value is -2.25. The number of morpholine rings is 1. The Labute approximate surface area is 148 Å². The second kappa shape index (κ2) is 8.22. The van der Waals surface area contributed by atoms with Crippen LogP contribution in [-0.2, 0) is 4.74 Å². The lowest BCUT2D eigenvalue weighted by Crippen LogP contribution is -2.48. The van der Waals surface area contributed by atoms with Crippen molar-refractivity contribution >= 4 is 5.91 Å². The molecule has 134 valence electrons. The van der Waals surface area contributed by atoms with Crippen LogP contribution < -0.4 is 5.32 Å². The fourth-order valence-electron chi connectivity index (χ4n) is 2.96. The summed E-state index contributed by atoms with van der Waals surface area (Å²) < 4.78 is 7.35. The lowest BCUT2D eigenvalue weighted by molar-refractivity contribution is -0.0295. The van der Waals surface area contributed by atoms with Gasteiger partial charge in [-0.1, -0.05) is 37.3 Å². The van der Waals surface area contributed by atoms with Gasteiger partial charge >= 0.3 is 0 Å². The Balaban J connectivity index is 1.52. The summed E-state index contributed by atoms with van der Waals surface area (Å²) in [6, 6.07) is 9.59. The Kier molecular flexibility index (Phi) is 5.78. The van der Waals surface area contributed by atoms with Gasteiger partial charge in [0.2, 0.25) is 0 Å². The highest BCUT2D eigenvalue weighted by Gasteiger charge is 2.22. The zero-order valence-corrected chi connectivity index (χ0v) is 14.8. The summed E-state index contributed by atoms with van der Waals surface area (Å²) in [7, 11) is 0. The molecule has 1 amide bonds. The highest BCUT2D eigenvalue weighted by atomic mass is 16.5. The molecule has 0 aliphatic carbocycles. The van der Waals surface area contributed by atoms with Gasteiger partial charge in [-0.05, 0) is 18.1 Å². The first-order chi connectivity index (χ1) is 12.1. The number of carbonyl (C=O) groups is 1. The van der Waals surface area contributed by atoms with Gasteiger partial charge in [-0.3, -0.25) is 9.69 Å². The van der Waals surface area contributed by atoms with Gasteiger partial charge in [0.15, 0.2) is 5.69 Å². The minimum absolute atomic E-state index is 0.0145. The zero-order chi connectivity index (χ0) is 17.6. The van der Waals surface area contributed by atoms with E-state index in [4.69, 9.17) is 4.74 Å². The molecule has 1 saturated heterocycles. The second-order valence-electron chi connectivity index (χ2n) is 6.74. The fourth-order valence-corrected chi connectivity index (χ4v) is 2.96. The van der Waals surface area contributed by atoms with Gasteiger partial charge in [0, 0.05) is 26.2 Å². The van der Waals surface area contributed by atoms with Crippen molar-refractivity contribution in [3.05, 3.63) is 42.2 Å². The Morgan fingerprint density at radius 3 is 2.92 bits per heavy atom. The van der Waals surface area contributed by atoms with Crippen LogP contribution in [0.3, 0.4) is 0 Å². The molecule has 0 unspecified atom stereocenters. The highest BCUT2D eigenvalue weighted by Crippen LogP contribution is 2.08. The van der Waals surface area contributed by atoms with E-state index in [2.05, 4.69) is 34.4 Å². The molecule has 1 aliphatic heterocycles. The average molecular weight is 343 g/mol. The van der Waals surface area contributed by atoms with E-state index in [9.17, 15) is 4.79 Å². The number of amides is 1. The van der Waals surface area contributed by atoms with Gasteiger partial charge in [0.05, 0.1) is 24.6 Å². The van der Waals surface area contributed by atoms with Gasteiger partial charge in [-0.25, -0.2) is 4.68 Å². The topological polar surface area (TPSA) is 72.3 Å². The van der Waals surface area contributed by atoms with Crippen molar-refractivity contribution in [1.29, 1.82) is 0 Å². The lowest BCUT2D eigenvalue weighted by atomic mass is 10.2. The summed E-state index contributed by atoms with van der Waals surface area (Å²) in [6.07, 6.45) is 1.65. The Morgan fingerprint density at radius 2 is 2.16 bits per heavy atom. The molecule has 1 N–H and O–H groups in total. The molecule has 7 heteroatoms. The van der Waals surface area contributed by atoms with Crippen LogP contribution in [0.15, 0.2) is 36.5 Å². The van der Waals surface area contributed by atoms with Crippen molar-refractivity contribution in [2.75, 3.05) is 32.8 Å². The summed E-state index contributed by atoms with van der Waals surface area (Å²) in [5.74, 6) is 0.396. The molecule has 1 aromatic heterocycles. The van der Waals surface area contributed by atoms with Gasteiger partial charge in [-0.2, -0.15) is 0 Å². The largest absolute Gasteiger partial charge is 0.374 e. The van der Waals surface area contributed by atoms with Crippen LogP contribution in [0.5, 0.6) is 0 Å². The molecule has 1 atom stereocenters. The van der Waals surface area contributed by atoms with Crippen LogP contribution in [0.25, 0.3) is 5.69 Å². The van der Waals surface area contributed by atoms with Gasteiger partial charge in [-0.15, -0.1) is 5.10 Å². The normalized spacial score (nSPS) is 18.4. The van der Waals surface area contributed by atoms with E-state index in [0.29, 0.717) is 24.8 Å². The fraction of sp³-hybridized carbons (Fsp3) is 0.500. The van der Waals surface area contributed by atoms with Crippen molar-refractivity contribution in [1.82, 2.24) is 25.2 Å². The predicted octanol–water partition coefficient (Wildman–Crippen LogP) is 1.35. The van der Waals surface area contributed by atoms with Crippen LogP contribution >= 0.6 is 0 Å². The first-order valence-corrected chi connectivity index (χ1v) is 8.71. The van der Waals surface area contributed by atoms with Crippen molar-refractivity contribution in [3.8, 4) is 5.69 Å². The third-order valence-electron chi connectivity index (χ3n) is 4.08. The Morgan fingerprint density at radius 1 is 1.36 bits per heavy atom. The predicted molar refractivity (Wildman–Crippen MR) is 94.7 cm³/mol. The van der Waals surface area contributed by atoms with Gasteiger partial charge < -0.3 is 10.1 Å². The van der Waals surface area contributed by atoms with Crippen LogP contribution in [0.1, 0.15) is 24.3 Å². The molecule has 2 aromatic rings. The summed E-state index contributed by atoms with van der Waals surface area (Å²) in [6.45, 7) is 8.45. The number of ether oxygens (including phenoxy) is 1. The number of aromatic nitrogens is 3. The molecular formula is C18H25N5O2. The van der Waals surface area contributed by atoms with E-state index < -0.39 is 0 Å². The maximum atomic E-state index is 12.3. The van der Waals surface area contributed by atoms with Crippen molar-refractivity contribution in [2.45, 2.75) is 20.0 Å². The quantitative estimate of drug-likeness (QED) is 0.857. The van der Waals surface area contributed by atoms with E-state index >= 15 is 0 Å². The standard InChI is InChI=1S/C18H25N5O2/c1-14(2)11-22-8-9-25-16(12-22)10-19-18(24)17-13-23(21-20-17)15-6-4-3-5-7-15/h3-7,13-14,16H,8-12H2,1-2H3,(H,19,24)/t16-/m1/s1. The zero-order valence-electron chi connectivity index (χ0n) is 14.8. The van der Waals surface area contributed by atoms with Crippen LogP contribution in [0.4, 0.5) is 0 Å². The number of rotatable bonds is 6. The first kappa shape index (κ1) is 17.6. The molecule has 1 aromatic carbocycles. The van der Waals surface area contributed by atoms with Crippen molar-refractivity contribution in [3.63, 3.8) is 0 Å². The van der Waals surface area contributed by atoms with Gasteiger partial charge in [0.25, 0.3) is 5.91 Å². The maximum absolute atomic E-state index is 12.3. The molecule has 3 rings (SSSR count). The SMILES string of the molecule is CC(C)CN1CCO[C@H](CNC(=O)c2cn(-c3ccccc3)nn2)C1. The molecule has 7 nitrogen and oxygen atoms in total. The molecule has 0 saturated carbocycles. The monoisotopic (exact) mass is 343 g/mol. The van der Waals surface area contributed by atoms with Crippen molar-refractivity contribution < 1.29 is 9.53 Å². The molecule has 1 aliphatic rings. The second-order valence-corrected chi connectivity index (χ2v) is 6.74. The highest BCUT2D eigenvalue weighted by molar-refractivity contribution is 5.91. The van der Waals surface area contributed by atoms with E-state index in [1.807, 2.05) is 30.3 Å². The minimum atomic E-state index is -0.230. The molecular weight excluding hydrogens is 318 g/mol. The van der Waals surface area contributed by atoms with Crippen LogP contribution in [0, 0.1) is 5.92 Å². The summed E-state index contributed by atoms with van der Waals surface area (Å²) in [4.78, 5) is 14.7. The third kappa shape index (κ3) is 4.87. The van der Waals surface area contributed by atoms with Crippen LogP contribution in [-0.4, -0.2) is 64.7 Å². The average Bonchev–Trinajstić information content (AvgIpc) is 3.10. The molecule has 2 heterocycles. The van der Waals surface area contributed by atoms with E-state index in [1.165, 1.54) is 0 Å². The lowest BCUT2D eigenvalue weighted by Gasteiger charge is -2.33.